The van der Waals surface area contributed by atoms with Crippen LogP contribution >= 0.6 is 0 Å². The molecule has 2 aliphatic rings. The monoisotopic (exact) mass is 377 g/mol. The van der Waals surface area contributed by atoms with E-state index in [1.54, 1.807) is 30.3 Å². The molecule has 2 fully saturated rings. The number of amides is 3. The number of halogens is 2. The highest BCUT2D eigenvalue weighted by Crippen LogP contribution is 2.49. The van der Waals surface area contributed by atoms with Crippen LogP contribution < -0.4 is 10.6 Å². The number of carbonyl (C=O) groups is 3. The van der Waals surface area contributed by atoms with Crippen LogP contribution in [0, 0.1) is 5.41 Å². The molecule has 1 aliphatic heterocycles. The van der Waals surface area contributed by atoms with Crippen LogP contribution in [0.2, 0.25) is 0 Å². The van der Waals surface area contributed by atoms with Crippen molar-refractivity contribution < 1.29 is 23.2 Å². The molecule has 1 heterocycles. The summed E-state index contributed by atoms with van der Waals surface area (Å²) in [5.41, 5.74) is -0.641. The van der Waals surface area contributed by atoms with Crippen molar-refractivity contribution in [2.24, 2.45) is 5.41 Å². The van der Waals surface area contributed by atoms with Gasteiger partial charge in [0.25, 0.3) is 5.92 Å². The lowest BCUT2D eigenvalue weighted by atomic mass is 9.97. The molecule has 0 radical (unpaired) electrons. The SMILES string of the molecule is C=CC(=O)NC1CN(C(=O)C2(C(=O)Nc3ccccc3)CC2)CCC1(F)F. The van der Waals surface area contributed by atoms with Gasteiger partial charge >= 0.3 is 0 Å². The van der Waals surface area contributed by atoms with Gasteiger partial charge in [-0.05, 0) is 31.1 Å². The summed E-state index contributed by atoms with van der Waals surface area (Å²) in [7, 11) is 0. The van der Waals surface area contributed by atoms with E-state index in [0.29, 0.717) is 18.5 Å². The second kappa shape index (κ2) is 7.09. The van der Waals surface area contributed by atoms with Crippen LogP contribution in [-0.4, -0.2) is 47.7 Å². The number of para-hydroxylation sites is 1. The summed E-state index contributed by atoms with van der Waals surface area (Å²) >= 11 is 0. The van der Waals surface area contributed by atoms with Crippen LogP contribution in [0.15, 0.2) is 43.0 Å². The van der Waals surface area contributed by atoms with Gasteiger partial charge in [0.2, 0.25) is 17.7 Å². The summed E-state index contributed by atoms with van der Waals surface area (Å²) in [6, 6.07) is 7.24. The number of anilines is 1. The minimum atomic E-state index is -3.13. The van der Waals surface area contributed by atoms with Crippen LogP contribution in [0.1, 0.15) is 19.3 Å². The van der Waals surface area contributed by atoms with Gasteiger partial charge in [0.1, 0.15) is 11.5 Å². The lowest BCUT2D eigenvalue weighted by Crippen LogP contribution is -2.61. The molecule has 1 atom stereocenters. The molecule has 3 amide bonds. The molecule has 2 N–H and O–H groups in total. The molecule has 0 spiro atoms. The second-order valence-electron chi connectivity index (χ2n) is 6.93. The van der Waals surface area contributed by atoms with Crippen LogP contribution in [0.25, 0.3) is 0 Å². The topological polar surface area (TPSA) is 78.5 Å². The molecule has 1 aliphatic carbocycles. The highest BCUT2D eigenvalue weighted by molar-refractivity contribution is 6.13. The quantitative estimate of drug-likeness (QED) is 0.608. The van der Waals surface area contributed by atoms with E-state index in [9.17, 15) is 23.2 Å². The van der Waals surface area contributed by atoms with Gasteiger partial charge in [0.05, 0.1) is 0 Å². The van der Waals surface area contributed by atoms with Crippen molar-refractivity contribution in [3.63, 3.8) is 0 Å². The fraction of sp³-hybridized carbons (Fsp3) is 0.421. The molecule has 1 saturated carbocycles. The Hall–Kier alpha value is -2.77. The Bertz CT molecular complexity index is 763. The first kappa shape index (κ1) is 19.0. The van der Waals surface area contributed by atoms with Crippen molar-refractivity contribution >= 4 is 23.4 Å². The van der Waals surface area contributed by atoms with Gasteiger partial charge in [-0.3, -0.25) is 14.4 Å². The Kier molecular flexibility index (Phi) is 4.99. The van der Waals surface area contributed by atoms with Crippen molar-refractivity contribution in [3.05, 3.63) is 43.0 Å². The minimum absolute atomic E-state index is 0.160. The van der Waals surface area contributed by atoms with E-state index in [1.165, 1.54) is 4.90 Å². The predicted molar refractivity (Wildman–Crippen MR) is 95.0 cm³/mol. The van der Waals surface area contributed by atoms with Crippen molar-refractivity contribution in [1.29, 1.82) is 0 Å². The maximum Gasteiger partial charge on any atom is 0.271 e. The standard InChI is InChI=1S/C19H21F2N3O3/c1-2-15(25)23-14-12-24(11-10-19(14,20)21)17(27)18(8-9-18)16(26)22-13-6-4-3-5-7-13/h2-7,14H,1,8-12H2,(H,22,26)(H,23,25). The average Bonchev–Trinajstić information content (AvgIpc) is 3.45. The first-order valence-corrected chi connectivity index (χ1v) is 8.75. The number of carbonyl (C=O) groups excluding carboxylic acids is 3. The number of rotatable bonds is 5. The molecular formula is C19H21F2N3O3. The fourth-order valence-electron chi connectivity index (χ4n) is 3.21. The molecule has 0 bridgehead atoms. The van der Waals surface area contributed by atoms with Crippen LogP contribution in [0.5, 0.6) is 0 Å². The zero-order valence-corrected chi connectivity index (χ0v) is 14.7. The Labute approximate surface area is 155 Å². The molecule has 1 saturated heterocycles. The summed E-state index contributed by atoms with van der Waals surface area (Å²) in [5, 5.41) is 4.90. The number of alkyl halides is 2. The molecule has 27 heavy (non-hydrogen) atoms. The van der Waals surface area contributed by atoms with E-state index in [0.717, 1.165) is 6.08 Å². The zero-order valence-electron chi connectivity index (χ0n) is 14.7. The third-order valence-corrected chi connectivity index (χ3v) is 5.04. The van der Waals surface area contributed by atoms with Crippen molar-refractivity contribution in [1.82, 2.24) is 10.2 Å². The van der Waals surface area contributed by atoms with Gasteiger partial charge in [0.15, 0.2) is 0 Å². The first-order chi connectivity index (χ1) is 12.8. The van der Waals surface area contributed by atoms with E-state index < -0.39 is 41.5 Å². The fourth-order valence-corrected chi connectivity index (χ4v) is 3.21. The average molecular weight is 377 g/mol. The number of hydrogen-bond acceptors (Lipinski definition) is 3. The number of nitrogens with zero attached hydrogens (tertiary/aromatic N) is 1. The van der Waals surface area contributed by atoms with Gasteiger partial charge in [0, 0.05) is 25.2 Å². The highest BCUT2D eigenvalue weighted by Gasteiger charge is 2.59. The molecule has 6 nitrogen and oxygen atoms in total. The summed E-state index contributed by atoms with van der Waals surface area (Å²) in [6.07, 6.45) is 1.09. The molecule has 1 unspecified atom stereocenters. The molecule has 0 aromatic heterocycles. The lowest BCUT2D eigenvalue weighted by Gasteiger charge is -2.39. The summed E-state index contributed by atoms with van der Waals surface area (Å²) in [6.45, 7) is 2.75. The number of benzene rings is 1. The predicted octanol–water partition coefficient (Wildman–Crippen LogP) is 1.94. The number of hydrogen-bond donors (Lipinski definition) is 2. The van der Waals surface area contributed by atoms with Crippen LogP contribution in [0.3, 0.4) is 0 Å². The summed E-state index contributed by atoms with van der Waals surface area (Å²) in [5.74, 6) is -4.75. The Morgan fingerprint density at radius 2 is 1.81 bits per heavy atom. The smallest absolute Gasteiger partial charge is 0.271 e. The zero-order chi connectivity index (χ0) is 19.7. The number of nitrogens with one attached hydrogen (secondary N) is 2. The molecular weight excluding hydrogens is 356 g/mol. The maximum absolute atomic E-state index is 14.1. The van der Waals surface area contributed by atoms with Crippen molar-refractivity contribution in [2.45, 2.75) is 31.2 Å². The van der Waals surface area contributed by atoms with Gasteiger partial charge in [-0.15, -0.1) is 0 Å². The number of likely N-dealkylation sites (tertiary alicyclic amines) is 1. The lowest BCUT2D eigenvalue weighted by molar-refractivity contribution is -0.151. The van der Waals surface area contributed by atoms with E-state index in [4.69, 9.17) is 0 Å². The van der Waals surface area contributed by atoms with Gasteiger partial charge in [-0.25, -0.2) is 8.78 Å². The van der Waals surface area contributed by atoms with Crippen molar-refractivity contribution in [2.75, 3.05) is 18.4 Å². The van der Waals surface area contributed by atoms with E-state index in [2.05, 4.69) is 17.2 Å². The Morgan fingerprint density at radius 3 is 2.41 bits per heavy atom. The van der Waals surface area contributed by atoms with Crippen LogP contribution in [-0.2, 0) is 14.4 Å². The van der Waals surface area contributed by atoms with E-state index in [-0.39, 0.29) is 13.1 Å². The van der Waals surface area contributed by atoms with E-state index >= 15 is 0 Å². The third kappa shape index (κ3) is 3.84. The van der Waals surface area contributed by atoms with Crippen LogP contribution in [0.4, 0.5) is 14.5 Å². The summed E-state index contributed by atoms with van der Waals surface area (Å²) in [4.78, 5) is 38.2. The first-order valence-electron chi connectivity index (χ1n) is 8.75. The minimum Gasteiger partial charge on any atom is -0.342 e. The molecule has 144 valence electrons. The molecule has 1 aromatic rings. The maximum atomic E-state index is 14.1. The third-order valence-electron chi connectivity index (χ3n) is 5.04. The molecule has 3 rings (SSSR count). The van der Waals surface area contributed by atoms with Gasteiger partial charge in [-0.2, -0.15) is 0 Å². The molecule has 8 heteroatoms. The number of piperidine rings is 1. The largest absolute Gasteiger partial charge is 0.342 e. The van der Waals surface area contributed by atoms with E-state index in [1.807, 2.05) is 0 Å². The van der Waals surface area contributed by atoms with Gasteiger partial charge < -0.3 is 15.5 Å². The van der Waals surface area contributed by atoms with Gasteiger partial charge in [-0.1, -0.05) is 24.8 Å². The Balaban J connectivity index is 1.70. The normalized spacial score (nSPS) is 22.4. The summed E-state index contributed by atoms with van der Waals surface area (Å²) < 4.78 is 28.2. The second-order valence-corrected chi connectivity index (χ2v) is 6.93. The Morgan fingerprint density at radius 1 is 1.15 bits per heavy atom. The van der Waals surface area contributed by atoms with Crippen molar-refractivity contribution in [3.8, 4) is 0 Å². The molecule has 1 aromatic carbocycles. The highest BCUT2D eigenvalue weighted by atomic mass is 19.3.